The van der Waals surface area contributed by atoms with Gasteiger partial charge in [0.2, 0.25) is 0 Å². The van der Waals surface area contributed by atoms with Gasteiger partial charge in [0.1, 0.15) is 24.1 Å². The molecule has 0 aliphatic carbocycles. The summed E-state index contributed by atoms with van der Waals surface area (Å²) in [7, 11) is 0. The summed E-state index contributed by atoms with van der Waals surface area (Å²) < 4.78 is 45.7. The van der Waals surface area contributed by atoms with Gasteiger partial charge in [0.25, 0.3) is 5.91 Å². The number of alkyl halides is 2. The van der Waals surface area contributed by atoms with Crippen molar-refractivity contribution in [2.75, 3.05) is 5.32 Å². The average molecular weight is 398 g/mol. The molecule has 0 bridgehead atoms. The lowest BCUT2D eigenvalue weighted by Crippen LogP contribution is -2.15. The van der Waals surface area contributed by atoms with E-state index in [-0.39, 0.29) is 22.7 Å². The molecule has 3 aromatic carbocycles. The van der Waals surface area contributed by atoms with E-state index in [9.17, 15) is 18.0 Å². The molecule has 29 heavy (non-hydrogen) atoms. The van der Waals surface area contributed by atoms with Crippen molar-refractivity contribution in [1.82, 2.24) is 14.8 Å². The lowest BCUT2D eigenvalue weighted by atomic mass is 10.1. The summed E-state index contributed by atoms with van der Waals surface area (Å²) in [6, 6.07) is 13.8. The summed E-state index contributed by atoms with van der Waals surface area (Å²) >= 11 is 0. The topological polar surface area (TPSA) is 69.0 Å². The van der Waals surface area contributed by atoms with E-state index in [0.29, 0.717) is 10.8 Å². The summed E-state index contributed by atoms with van der Waals surface area (Å²) in [5.41, 5.74) is 0.199. The van der Waals surface area contributed by atoms with Gasteiger partial charge in [0.05, 0.1) is 5.56 Å². The fourth-order valence-corrected chi connectivity index (χ4v) is 2.89. The van der Waals surface area contributed by atoms with E-state index >= 15 is 0 Å². The zero-order valence-corrected chi connectivity index (χ0v) is 14.7. The number of aromatic nitrogens is 3. The molecule has 1 amide bonds. The molecule has 4 rings (SSSR count). The van der Waals surface area contributed by atoms with Crippen molar-refractivity contribution in [2.45, 2.75) is 6.61 Å². The lowest BCUT2D eigenvalue weighted by Gasteiger charge is -2.13. The van der Waals surface area contributed by atoms with Crippen molar-refractivity contribution >= 4 is 22.4 Å². The number of hydrogen-bond acceptors (Lipinski definition) is 4. The van der Waals surface area contributed by atoms with Gasteiger partial charge in [-0.25, -0.2) is 14.1 Å². The van der Waals surface area contributed by atoms with Crippen molar-refractivity contribution in [3.05, 3.63) is 78.6 Å². The van der Waals surface area contributed by atoms with E-state index in [4.69, 9.17) is 0 Å². The largest absolute Gasteiger partial charge is 0.434 e. The Hall–Kier alpha value is -3.88. The van der Waals surface area contributed by atoms with Crippen LogP contribution in [0, 0.1) is 5.82 Å². The summed E-state index contributed by atoms with van der Waals surface area (Å²) in [5, 5.41) is 7.66. The average Bonchev–Trinajstić information content (AvgIpc) is 3.21. The minimum atomic E-state index is -3.10. The molecule has 0 unspecified atom stereocenters. The first-order valence-corrected chi connectivity index (χ1v) is 8.45. The highest BCUT2D eigenvalue weighted by molar-refractivity contribution is 6.08. The third-order valence-electron chi connectivity index (χ3n) is 4.18. The van der Waals surface area contributed by atoms with Crippen molar-refractivity contribution in [2.24, 2.45) is 0 Å². The highest BCUT2D eigenvalue weighted by Gasteiger charge is 2.18. The van der Waals surface area contributed by atoms with Gasteiger partial charge in [-0.1, -0.05) is 24.3 Å². The maximum Gasteiger partial charge on any atom is 0.387 e. The van der Waals surface area contributed by atoms with E-state index in [0.717, 1.165) is 6.07 Å². The Morgan fingerprint density at radius 3 is 2.48 bits per heavy atom. The Morgan fingerprint density at radius 1 is 1.07 bits per heavy atom. The Kier molecular flexibility index (Phi) is 4.86. The molecule has 0 aliphatic heterocycles. The number of nitrogens with one attached hydrogen (secondary N) is 1. The number of hydrogen-bond donors (Lipinski definition) is 1. The van der Waals surface area contributed by atoms with E-state index in [1.807, 2.05) is 0 Å². The smallest absolute Gasteiger partial charge is 0.387 e. The van der Waals surface area contributed by atoms with Gasteiger partial charge in [0.15, 0.2) is 5.82 Å². The van der Waals surface area contributed by atoms with Crippen LogP contribution in [0.1, 0.15) is 10.4 Å². The lowest BCUT2D eigenvalue weighted by molar-refractivity contribution is -0.0500. The number of fused-ring (bicyclic) bond motifs is 1. The first-order valence-electron chi connectivity index (χ1n) is 8.45. The number of benzene rings is 3. The highest BCUT2D eigenvalue weighted by atomic mass is 19.3. The van der Waals surface area contributed by atoms with Crippen LogP contribution in [-0.4, -0.2) is 27.3 Å². The number of ether oxygens (including phenoxy) is 1. The van der Waals surface area contributed by atoms with E-state index in [1.54, 1.807) is 24.3 Å². The van der Waals surface area contributed by atoms with E-state index in [2.05, 4.69) is 20.1 Å². The Morgan fingerprint density at radius 2 is 1.83 bits per heavy atom. The SMILES string of the molecule is O=C(Nc1ccc(-n2cncn2)c(F)c1)c1cc2ccccc2cc1OC(F)F. The maximum absolute atomic E-state index is 14.4. The standard InChI is InChI=1S/C20H13F3N4O2/c21-16-9-14(5-6-17(16)27-11-24-10-25-27)26-19(28)15-7-12-3-1-2-4-13(12)8-18(15)29-20(22)23/h1-11,20H,(H,26,28). The molecule has 1 aromatic heterocycles. The molecule has 0 saturated carbocycles. The van der Waals surface area contributed by atoms with Crippen LogP contribution in [0.4, 0.5) is 18.9 Å². The minimum Gasteiger partial charge on any atom is -0.434 e. The van der Waals surface area contributed by atoms with Gasteiger partial charge in [-0.05, 0) is 41.1 Å². The van der Waals surface area contributed by atoms with E-state index in [1.165, 1.54) is 41.6 Å². The summed E-state index contributed by atoms with van der Waals surface area (Å²) in [6.07, 6.45) is 2.60. The van der Waals surface area contributed by atoms with Crippen molar-refractivity contribution in [1.29, 1.82) is 0 Å². The molecular formula is C20H13F3N4O2. The molecule has 4 aromatic rings. The molecule has 1 N–H and O–H groups in total. The van der Waals surface area contributed by atoms with Gasteiger partial charge < -0.3 is 10.1 Å². The summed E-state index contributed by atoms with van der Waals surface area (Å²) in [6.45, 7) is -3.10. The van der Waals surface area contributed by atoms with Crippen LogP contribution < -0.4 is 10.1 Å². The second kappa shape index (κ2) is 7.63. The minimum absolute atomic E-state index is 0.0928. The molecule has 1 heterocycles. The van der Waals surface area contributed by atoms with Crippen LogP contribution in [0.5, 0.6) is 5.75 Å². The van der Waals surface area contributed by atoms with Crippen molar-refractivity contribution < 1.29 is 22.7 Å². The third-order valence-corrected chi connectivity index (χ3v) is 4.18. The molecule has 0 spiro atoms. The molecular weight excluding hydrogens is 385 g/mol. The quantitative estimate of drug-likeness (QED) is 0.541. The van der Waals surface area contributed by atoms with Gasteiger partial charge in [-0.2, -0.15) is 13.9 Å². The molecule has 0 atom stereocenters. The van der Waals surface area contributed by atoms with Gasteiger partial charge in [-0.3, -0.25) is 4.79 Å². The third kappa shape index (κ3) is 3.88. The predicted octanol–water partition coefficient (Wildman–Crippen LogP) is 4.41. The van der Waals surface area contributed by atoms with Crippen LogP contribution in [0.2, 0.25) is 0 Å². The first-order chi connectivity index (χ1) is 14.0. The molecule has 146 valence electrons. The normalized spacial score (nSPS) is 11.0. The predicted molar refractivity (Wildman–Crippen MR) is 99.9 cm³/mol. The molecule has 0 fully saturated rings. The zero-order chi connectivity index (χ0) is 20.4. The number of amides is 1. The van der Waals surface area contributed by atoms with Crippen LogP contribution in [0.3, 0.4) is 0 Å². The van der Waals surface area contributed by atoms with Crippen molar-refractivity contribution in [3.63, 3.8) is 0 Å². The van der Waals surface area contributed by atoms with Crippen LogP contribution >= 0.6 is 0 Å². The van der Waals surface area contributed by atoms with Gasteiger partial charge in [-0.15, -0.1) is 0 Å². The number of carbonyl (C=O) groups excluding carboxylic acids is 1. The van der Waals surface area contributed by atoms with Gasteiger partial charge in [0, 0.05) is 5.69 Å². The van der Waals surface area contributed by atoms with Crippen LogP contribution in [0.15, 0.2) is 67.3 Å². The second-order valence-electron chi connectivity index (χ2n) is 6.03. The van der Waals surface area contributed by atoms with Crippen LogP contribution in [-0.2, 0) is 0 Å². The fraction of sp³-hybridized carbons (Fsp3) is 0.0500. The zero-order valence-electron chi connectivity index (χ0n) is 14.7. The molecule has 9 heteroatoms. The number of nitrogens with zero attached hydrogens (tertiary/aromatic N) is 3. The first kappa shape index (κ1) is 18.5. The number of halogens is 3. The number of anilines is 1. The Balaban J connectivity index is 1.65. The molecule has 0 aliphatic rings. The van der Waals surface area contributed by atoms with E-state index < -0.39 is 18.3 Å². The molecule has 0 radical (unpaired) electrons. The van der Waals surface area contributed by atoms with Gasteiger partial charge >= 0.3 is 6.61 Å². The highest BCUT2D eigenvalue weighted by Crippen LogP contribution is 2.28. The fourth-order valence-electron chi connectivity index (χ4n) is 2.89. The monoisotopic (exact) mass is 398 g/mol. The van der Waals surface area contributed by atoms with Crippen LogP contribution in [0.25, 0.3) is 16.5 Å². The second-order valence-corrected chi connectivity index (χ2v) is 6.03. The number of carbonyl (C=O) groups is 1. The molecule has 6 nitrogen and oxygen atoms in total. The number of rotatable bonds is 5. The van der Waals surface area contributed by atoms with Crippen molar-refractivity contribution in [3.8, 4) is 11.4 Å². The Labute approximate surface area is 162 Å². The Bertz CT molecular complexity index is 1180. The summed E-state index contributed by atoms with van der Waals surface area (Å²) in [4.78, 5) is 16.4. The molecule has 0 saturated heterocycles. The maximum atomic E-state index is 14.4. The summed E-state index contributed by atoms with van der Waals surface area (Å²) in [5.74, 6) is -1.62.